The summed E-state index contributed by atoms with van der Waals surface area (Å²) in [7, 11) is 2.90. The van der Waals surface area contributed by atoms with Crippen LogP contribution in [0, 0.1) is 5.41 Å². The van der Waals surface area contributed by atoms with E-state index >= 15 is 0 Å². The van der Waals surface area contributed by atoms with E-state index < -0.39 is 66.2 Å². The van der Waals surface area contributed by atoms with Gasteiger partial charge in [0.1, 0.15) is 11.9 Å². The molecule has 0 aromatic heterocycles. The lowest BCUT2D eigenvalue weighted by Crippen LogP contribution is -2.62. The summed E-state index contributed by atoms with van der Waals surface area (Å²) in [5.41, 5.74) is 0.0376. The van der Waals surface area contributed by atoms with Crippen LogP contribution in [0.25, 0.3) is 0 Å². The Morgan fingerprint density at radius 3 is 2.39 bits per heavy atom. The molecule has 4 heterocycles. The molecule has 3 fully saturated rings. The maximum absolute atomic E-state index is 13.5. The number of aliphatic hydroxyl groups excluding tert-OH is 2. The smallest absolute Gasteiger partial charge is 0.330 e. The summed E-state index contributed by atoms with van der Waals surface area (Å²) in [6.45, 7) is 5.08. The van der Waals surface area contributed by atoms with Crippen molar-refractivity contribution in [3.63, 3.8) is 0 Å². The molecule has 4 aliphatic heterocycles. The summed E-state index contributed by atoms with van der Waals surface area (Å²) >= 11 is 0. The van der Waals surface area contributed by atoms with Crippen LogP contribution in [0.15, 0.2) is 48.1 Å². The van der Waals surface area contributed by atoms with Crippen molar-refractivity contribution in [2.24, 2.45) is 5.41 Å². The highest BCUT2D eigenvalue weighted by Gasteiger charge is 2.57. The fraction of sp³-hybridized carbons (Fsp3) is 0.717. The van der Waals surface area contributed by atoms with Crippen LogP contribution in [0.3, 0.4) is 0 Å². The van der Waals surface area contributed by atoms with Crippen LogP contribution in [-0.4, -0.2) is 109 Å². The lowest BCUT2D eigenvalue weighted by Gasteiger charge is -2.51. The molecule has 3 saturated heterocycles. The summed E-state index contributed by atoms with van der Waals surface area (Å²) in [6.07, 6.45) is 8.62. The third kappa shape index (κ3) is 12.8. The molecule has 13 nitrogen and oxygen atoms in total. The molecule has 1 aromatic rings. The van der Waals surface area contributed by atoms with Crippen LogP contribution >= 0.6 is 0 Å². The Morgan fingerprint density at radius 1 is 0.915 bits per heavy atom. The lowest BCUT2D eigenvalue weighted by atomic mass is 9.73. The molecule has 13 heteroatoms. The number of ether oxygens (including phenoxy) is 7. The zero-order chi connectivity index (χ0) is 42.6. The summed E-state index contributed by atoms with van der Waals surface area (Å²) in [6, 6.07) is 7.98. The molecule has 0 aliphatic carbocycles. The molecule has 0 amide bonds. The summed E-state index contributed by atoms with van der Waals surface area (Å²) in [5.74, 6) is -3.35. The van der Waals surface area contributed by atoms with Crippen LogP contribution in [0.2, 0.25) is 0 Å². The normalized spacial score (nSPS) is 34.2. The number of hydrogen-bond acceptors (Lipinski definition) is 13. The van der Waals surface area contributed by atoms with E-state index in [1.54, 1.807) is 21.0 Å². The van der Waals surface area contributed by atoms with Crippen molar-refractivity contribution >= 4 is 17.9 Å². The second-order valence-corrected chi connectivity index (χ2v) is 17.4. The van der Waals surface area contributed by atoms with Crippen molar-refractivity contribution in [3.8, 4) is 5.75 Å². The van der Waals surface area contributed by atoms with Gasteiger partial charge < -0.3 is 48.5 Å². The highest BCUT2D eigenvalue weighted by Crippen LogP contribution is 2.48. The minimum atomic E-state index is -2.26. The average molecular weight is 829 g/mol. The Bertz CT molecular complexity index is 1590. The molecule has 0 saturated carbocycles. The third-order valence-corrected chi connectivity index (χ3v) is 12.3. The molecule has 5 rings (SSSR count). The Morgan fingerprint density at radius 2 is 1.66 bits per heavy atom. The number of methoxy groups -OCH3 is 2. The van der Waals surface area contributed by atoms with Gasteiger partial charge in [0, 0.05) is 30.8 Å². The Kier molecular flexibility index (Phi) is 17.4. The first-order valence-corrected chi connectivity index (χ1v) is 21.8. The number of hydrogen-bond donors (Lipinski definition) is 3. The molecule has 0 spiro atoms. The van der Waals surface area contributed by atoms with E-state index in [9.17, 15) is 29.7 Å². The summed E-state index contributed by atoms with van der Waals surface area (Å²) < 4.78 is 42.4. The maximum atomic E-state index is 13.5. The minimum Gasteiger partial charge on any atom is -0.496 e. The number of carbonyl (C=O) groups excluding carboxylic acids is 3. The Labute approximate surface area is 349 Å². The largest absolute Gasteiger partial charge is 0.496 e. The topological polar surface area (TPSA) is 177 Å². The van der Waals surface area contributed by atoms with E-state index in [4.69, 9.17) is 33.2 Å². The van der Waals surface area contributed by atoms with Gasteiger partial charge in [-0.15, -0.1) is 0 Å². The molecule has 0 radical (unpaired) electrons. The van der Waals surface area contributed by atoms with E-state index in [1.807, 2.05) is 30.4 Å². The van der Waals surface area contributed by atoms with Crippen molar-refractivity contribution in [2.75, 3.05) is 20.8 Å². The van der Waals surface area contributed by atoms with Gasteiger partial charge in [0.15, 0.2) is 6.10 Å². The number of cyclic esters (lactones) is 1. The molecule has 1 aromatic carbocycles. The highest BCUT2D eigenvalue weighted by molar-refractivity contribution is 5.83. The average Bonchev–Trinajstić information content (AvgIpc) is 3.20. The minimum absolute atomic E-state index is 0.00346. The second-order valence-electron chi connectivity index (χ2n) is 17.4. The number of esters is 3. The molecule has 1 unspecified atom stereocenters. The summed E-state index contributed by atoms with van der Waals surface area (Å²) in [4.78, 5) is 39.5. The SMILES string of the molecule is CCCCCCCC(=O)O[C@H]1/C(=C/C(=O)OC)C[C@H]2C[C@H](CO)OC(=O)C[C@H](O)C[C@@H]3CCC[C@H](C[C@@H]4CC(c5ccccc5OC)C[C@H](/C=C\C(C)(C)[C@]1(O)O2)O4)O3. The zero-order valence-electron chi connectivity index (χ0n) is 35.7. The van der Waals surface area contributed by atoms with E-state index in [2.05, 4.69) is 13.0 Å². The first-order valence-electron chi connectivity index (χ1n) is 21.8. The predicted molar refractivity (Wildman–Crippen MR) is 218 cm³/mol. The van der Waals surface area contributed by atoms with Gasteiger partial charge in [-0.25, -0.2) is 4.79 Å². The quantitative estimate of drug-likeness (QED) is 0.0722. The molecule has 4 aliphatic rings. The van der Waals surface area contributed by atoms with Gasteiger partial charge in [-0.1, -0.05) is 76.8 Å². The molecular formula is C46H68O13. The number of benzene rings is 1. The number of aliphatic hydroxyl groups is 3. The Balaban J connectivity index is 1.54. The number of carbonyl (C=O) groups is 3. The lowest BCUT2D eigenvalue weighted by molar-refractivity contribution is -0.327. The fourth-order valence-electron chi connectivity index (χ4n) is 9.10. The predicted octanol–water partition coefficient (Wildman–Crippen LogP) is 6.53. The molecular weight excluding hydrogens is 760 g/mol. The molecule has 6 bridgehead atoms. The monoisotopic (exact) mass is 828 g/mol. The van der Waals surface area contributed by atoms with Crippen molar-refractivity contribution in [1.82, 2.24) is 0 Å². The van der Waals surface area contributed by atoms with E-state index in [-0.39, 0.29) is 61.9 Å². The van der Waals surface area contributed by atoms with Crippen molar-refractivity contribution in [2.45, 2.75) is 184 Å². The number of para-hydroxylation sites is 1. The van der Waals surface area contributed by atoms with Crippen LogP contribution in [0.1, 0.15) is 135 Å². The van der Waals surface area contributed by atoms with Gasteiger partial charge in [0.25, 0.3) is 0 Å². The van der Waals surface area contributed by atoms with Crippen LogP contribution in [0.4, 0.5) is 0 Å². The van der Waals surface area contributed by atoms with E-state index in [0.717, 1.165) is 62.7 Å². The molecule has 59 heavy (non-hydrogen) atoms. The van der Waals surface area contributed by atoms with Crippen molar-refractivity contribution < 1.29 is 62.9 Å². The molecule has 10 atom stereocenters. The van der Waals surface area contributed by atoms with E-state index in [0.29, 0.717) is 19.3 Å². The maximum Gasteiger partial charge on any atom is 0.330 e. The first-order chi connectivity index (χ1) is 28.3. The van der Waals surface area contributed by atoms with Gasteiger partial charge in [-0.3, -0.25) is 9.59 Å². The van der Waals surface area contributed by atoms with Crippen LogP contribution in [-0.2, 0) is 42.8 Å². The summed E-state index contributed by atoms with van der Waals surface area (Å²) in [5, 5.41) is 34.3. The van der Waals surface area contributed by atoms with Crippen LogP contribution in [0.5, 0.6) is 5.75 Å². The fourth-order valence-corrected chi connectivity index (χ4v) is 9.10. The van der Waals surface area contributed by atoms with Gasteiger partial charge in [0.05, 0.1) is 63.9 Å². The van der Waals surface area contributed by atoms with Gasteiger partial charge in [0.2, 0.25) is 5.79 Å². The number of fused-ring (bicyclic) bond motifs is 6. The molecule has 3 N–H and O–H groups in total. The first kappa shape index (κ1) is 46.7. The highest BCUT2D eigenvalue weighted by atomic mass is 16.7. The van der Waals surface area contributed by atoms with Crippen LogP contribution < -0.4 is 4.74 Å². The zero-order valence-corrected chi connectivity index (χ0v) is 35.7. The van der Waals surface area contributed by atoms with Gasteiger partial charge in [-0.2, -0.15) is 0 Å². The van der Waals surface area contributed by atoms with Crippen molar-refractivity contribution in [3.05, 3.63) is 53.6 Å². The standard InChI is InChI=1S/C46H68O13/c1-6-7-8-9-10-18-41(49)58-44-31(24-42(50)54-5)23-37-28-38(29-47)57-43(51)26-32(48)25-33-14-13-15-34(55-33)27-36-22-30(39-16-11-12-17-40(39)53-4)21-35(56-36)19-20-45(2,3)46(44,52)59-37/h11-12,16-17,19-20,24,30,32-38,44,47-48,52H,6-10,13-15,18,21-23,25-29H2,1-5H3/b20-19-,31-24+/t30?,32-,33+,34-,35+,36+,37+,38-,44+,46-/m1/s1. The van der Waals surface area contributed by atoms with E-state index in [1.165, 1.54) is 13.2 Å². The third-order valence-electron chi connectivity index (χ3n) is 12.3. The van der Waals surface area contributed by atoms with Gasteiger partial charge in [-0.05, 0) is 74.5 Å². The number of unbranched alkanes of at least 4 members (excludes halogenated alkanes) is 4. The molecule has 330 valence electrons. The number of rotatable bonds is 11. The van der Waals surface area contributed by atoms with Crippen molar-refractivity contribution in [1.29, 1.82) is 0 Å². The Hall–Kier alpha value is -3.33. The van der Waals surface area contributed by atoms with Gasteiger partial charge >= 0.3 is 17.9 Å². The second kappa shape index (κ2) is 22.0.